The zero-order valence-corrected chi connectivity index (χ0v) is 12.1. The van der Waals surface area contributed by atoms with Gasteiger partial charge in [-0.1, -0.05) is 0 Å². The summed E-state index contributed by atoms with van der Waals surface area (Å²) in [6.07, 6.45) is -0.683. The molecule has 8 heteroatoms. The molecule has 0 atom stereocenters. The summed E-state index contributed by atoms with van der Waals surface area (Å²) in [5.41, 5.74) is 1.55. The van der Waals surface area contributed by atoms with Gasteiger partial charge in [-0.2, -0.15) is 5.48 Å². The first-order valence-corrected chi connectivity index (χ1v) is 6.29. The van der Waals surface area contributed by atoms with Crippen molar-refractivity contribution in [2.45, 2.75) is 32.8 Å². The molecule has 0 heterocycles. The minimum atomic E-state index is -0.896. The Labute approximate surface area is 118 Å². The maximum atomic E-state index is 11.2. The molecule has 0 aliphatic carbocycles. The SMILES string of the molecule is CC(C)(C)OC(=O)NOCCOCCOCCC(=O)O. The summed E-state index contributed by atoms with van der Waals surface area (Å²) < 4.78 is 15.1. The number of rotatable bonds is 10. The van der Waals surface area contributed by atoms with Gasteiger partial charge in [-0.05, 0) is 20.8 Å². The smallest absolute Gasteiger partial charge is 0.431 e. The van der Waals surface area contributed by atoms with Crippen LogP contribution in [0, 0.1) is 0 Å². The topological polar surface area (TPSA) is 103 Å². The molecule has 0 bridgehead atoms. The standard InChI is InChI=1S/C12H23NO7/c1-12(2,3)20-11(16)13-19-9-8-18-7-6-17-5-4-10(14)15/h4-9H2,1-3H3,(H,13,16)(H,14,15). The maximum Gasteiger partial charge on any atom is 0.431 e. The van der Waals surface area contributed by atoms with Gasteiger partial charge in [0, 0.05) is 0 Å². The number of carboxylic acid groups (broad SMARTS) is 1. The van der Waals surface area contributed by atoms with E-state index in [2.05, 4.69) is 5.48 Å². The molecule has 20 heavy (non-hydrogen) atoms. The van der Waals surface area contributed by atoms with Crippen molar-refractivity contribution in [3.05, 3.63) is 0 Å². The molecule has 0 aromatic heterocycles. The van der Waals surface area contributed by atoms with Gasteiger partial charge in [0.2, 0.25) is 0 Å². The second-order valence-electron chi connectivity index (χ2n) is 4.82. The van der Waals surface area contributed by atoms with Gasteiger partial charge in [0.05, 0.1) is 39.5 Å². The van der Waals surface area contributed by atoms with Crippen molar-refractivity contribution < 1.29 is 33.7 Å². The van der Waals surface area contributed by atoms with Crippen LogP contribution < -0.4 is 5.48 Å². The lowest BCUT2D eigenvalue weighted by molar-refractivity contribution is -0.138. The number of hydrogen-bond donors (Lipinski definition) is 2. The number of nitrogens with one attached hydrogen (secondary N) is 1. The largest absolute Gasteiger partial charge is 0.481 e. The Kier molecular flexibility index (Phi) is 9.69. The van der Waals surface area contributed by atoms with Gasteiger partial charge >= 0.3 is 12.1 Å². The highest BCUT2D eigenvalue weighted by atomic mass is 16.7. The number of carboxylic acids is 1. The minimum absolute atomic E-state index is 0.0249. The van der Waals surface area contributed by atoms with Gasteiger partial charge in [-0.3, -0.25) is 9.63 Å². The quantitative estimate of drug-likeness (QED) is 0.456. The Morgan fingerprint density at radius 3 is 2.10 bits per heavy atom. The van der Waals surface area contributed by atoms with E-state index in [0.29, 0.717) is 13.2 Å². The summed E-state index contributed by atoms with van der Waals surface area (Å²) >= 11 is 0. The second kappa shape index (κ2) is 10.4. The molecule has 0 aliphatic heterocycles. The van der Waals surface area contributed by atoms with Crippen LogP contribution >= 0.6 is 0 Å². The number of carbonyl (C=O) groups is 2. The molecular weight excluding hydrogens is 270 g/mol. The van der Waals surface area contributed by atoms with Gasteiger partial charge in [0.25, 0.3) is 0 Å². The third-order valence-corrected chi connectivity index (χ3v) is 1.72. The third-order valence-electron chi connectivity index (χ3n) is 1.72. The third kappa shape index (κ3) is 14.7. The molecule has 0 aromatic rings. The molecule has 8 nitrogen and oxygen atoms in total. The lowest BCUT2D eigenvalue weighted by Crippen LogP contribution is -2.33. The number of hydrogen-bond acceptors (Lipinski definition) is 6. The second-order valence-corrected chi connectivity index (χ2v) is 4.82. The van der Waals surface area contributed by atoms with Crippen molar-refractivity contribution in [2.24, 2.45) is 0 Å². The summed E-state index contributed by atoms with van der Waals surface area (Å²) in [6, 6.07) is 0. The van der Waals surface area contributed by atoms with E-state index in [1.54, 1.807) is 20.8 Å². The van der Waals surface area contributed by atoms with E-state index in [1.165, 1.54) is 0 Å². The average molecular weight is 293 g/mol. The van der Waals surface area contributed by atoms with Crippen LogP contribution in [0.15, 0.2) is 0 Å². The van der Waals surface area contributed by atoms with E-state index in [-0.39, 0.29) is 26.2 Å². The van der Waals surface area contributed by atoms with Crippen molar-refractivity contribution in [3.8, 4) is 0 Å². The first kappa shape index (κ1) is 18.6. The van der Waals surface area contributed by atoms with Gasteiger partial charge in [0.15, 0.2) is 0 Å². The van der Waals surface area contributed by atoms with E-state index in [4.69, 9.17) is 24.2 Å². The molecule has 0 fully saturated rings. The first-order valence-electron chi connectivity index (χ1n) is 6.29. The predicted molar refractivity (Wildman–Crippen MR) is 69.2 cm³/mol. The van der Waals surface area contributed by atoms with Crippen molar-refractivity contribution in [1.82, 2.24) is 5.48 Å². The highest BCUT2D eigenvalue weighted by Gasteiger charge is 2.15. The van der Waals surface area contributed by atoms with Crippen molar-refractivity contribution in [3.63, 3.8) is 0 Å². The van der Waals surface area contributed by atoms with Gasteiger partial charge < -0.3 is 19.3 Å². The Hall–Kier alpha value is -1.38. The maximum absolute atomic E-state index is 11.2. The summed E-state index contributed by atoms with van der Waals surface area (Å²) in [7, 11) is 0. The van der Waals surface area contributed by atoms with Crippen LogP contribution in [0.3, 0.4) is 0 Å². The molecule has 0 rings (SSSR count). The average Bonchev–Trinajstić information content (AvgIpc) is 2.28. The number of ether oxygens (including phenoxy) is 3. The van der Waals surface area contributed by atoms with E-state index in [0.717, 1.165) is 0 Å². The number of aliphatic carboxylic acids is 1. The molecule has 0 radical (unpaired) electrons. The molecule has 118 valence electrons. The Balaban J connectivity index is 3.25. The van der Waals surface area contributed by atoms with E-state index in [1.807, 2.05) is 0 Å². The monoisotopic (exact) mass is 293 g/mol. The van der Waals surface area contributed by atoms with E-state index < -0.39 is 17.7 Å². The molecule has 0 saturated heterocycles. The fraction of sp³-hybridized carbons (Fsp3) is 0.833. The minimum Gasteiger partial charge on any atom is -0.481 e. The lowest BCUT2D eigenvalue weighted by Gasteiger charge is -2.19. The Morgan fingerprint density at radius 1 is 1.00 bits per heavy atom. The number of hydroxylamine groups is 1. The summed E-state index contributed by atoms with van der Waals surface area (Å²) in [4.78, 5) is 26.2. The van der Waals surface area contributed by atoms with Crippen LogP contribution in [0.25, 0.3) is 0 Å². The molecule has 2 N–H and O–H groups in total. The summed E-state index contributed by atoms with van der Waals surface area (Å²) in [6.45, 7) is 6.50. The fourth-order valence-corrected chi connectivity index (χ4v) is 0.991. The summed E-state index contributed by atoms with van der Waals surface area (Å²) in [5.74, 6) is -0.896. The van der Waals surface area contributed by atoms with Gasteiger partial charge in [-0.25, -0.2) is 4.79 Å². The van der Waals surface area contributed by atoms with Crippen LogP contribution in [0.4, 0.5) is 4.79 Å². The normalized spacial score (nSPS) is 11.2. The van der Waals surface area contributed by atoms with Crippen LogP contribution in [-0.2, 0) is 23.8 Å². The number of amides is 1. The van der Waals surface area contributed by atoms with Gasteiger partial charge in [0.1, 0.15) is 5.60 Å². The molecule has 0 saturated carbocycles. The van der Waals surface area contributed by atoms with Crippen molar-refractivity contribution >= 4 is 12.1 Å². The van der Waals surface area contributed by atoms with Crippen LogP contribution in [0.5, 0.6) is 0 Å². The Morgan fingerprint density at radius 2 is 1.55 bits per heavy atom. The lowest BCUT2D eigenvalue weighted by atomic mass is 10.2. The molecule has 1 amide bonds. The van der Waals surface area contributed by atoms with Crippen LogP contribution in [0.2, 0.25) is 0 Å². The highest BCUT2D eigenvalue weighted by molar-refractivity contribution is 5.66. The zero-order chi connectivity index (χ0) is 15.4. The summed E-state index contributed by atoms with van der Waals surface area (Å²) in [5, 5.41) is 8.36. The fourth-order valence-electron chi connectivity index (χ4n) is 0.991. The zero-order valence-electron chi connectivity index (χ0n) is 12.1. The van der Waals surface area contributed by atoms with Gasteiger partial charge in [-0.15, -0.1) is 0 Å². The van der Waals surface area contributed by atoms with Crippen LogP contribution in [0.1, 0.15) is 27.2 Å². The molecule has 0 aromatic carbocycles. The van der Waals surface area contributed by atoms with Crippen LogP contribution in [-0.4, -0.2) is 55.8 Å². The molecule has 0 aliphatic rings. The van der Waals surface area contributed by atoms with E-state index in [9.17, 15) is 9.59 Å². The van der Waals surface area contributed by atoms with Crippen molar-refractivity contribution in [1.29, 1.82) is 0 Å². The molecular formula is C12H23NO7. The van der Waals surface area contributed by atoms with E-state index >= 15 is 0 Å². The first-order chi connectivity index (χ1) is 9.31. The highest BCUT2D eigenvalue weighted by Crippen LogP contribution is 2.06. The molecule has 0 unspecified atom stereocenters. The molecule has 0 spiro atoms. The predicted octanol–water partition coefficient (Wildman–Crippen LogP) is 0.951. The Bertz CT molecular complexity index is 288. The number of carbonyl (C=O) groups excluding carboxylic acids is 1. The van der Waals surface area contributed by atoms with Crippen molar-refractivity contribution in [2.75, 3.05) is 33.0 Å².